The van der Waals surface area contributed by atoms with E-state index in [0.29, 0.717) is 0 Å². The summed E-state index contributed by atoms with van der Waals surface area (Å²) in [5.41, 5.74) is 8.24. The van der Waals surface area contributed by atoms with Crippen molar-refractivity contribution in [3.05, 3.63) is 69.8 Å². The lowest BCUT2D eigenvalue weighted by atomic mass is 10.1. The lowest BCUT2D eigenvalue weighted by Gasteiger charge is -2.00. The third-order valence-corrected chi connectivity index (χ3v) is 4.73. The van der Waals surface area contributed by atoms with E-state index >= 15 is 0 Å². The molecule has 2 aromatic carbocycles. The molecule has 0 fully saturated rings. The van der Waals surface area contributed by atoms with E-state index in [0.717, 1.165) is 11.1 Å². The van der Waals surface area contributed by atoms with Crippen molar-refractivity contribution >= 4 is 12.4 Å². The van der Waals surface area contributed by atoms with Crippen molar-refractivity contribution < 1.29 is 0 Å². The minimum atomic E-state index is 1.15. The Labute approximate surface area is 131 Å². The third-order valence-electron chi connectivity index (χ3n) is 4.73. The molecule has 2 aromatic rings. The molecular formula is C20H20N2. The van der Waals surface area contributed by atoms with Crippen LogP contribution in [0, 0.1) is 0 Å². The van der Waals surface area contributed by atoms with Crippen molar-refractivity contribution in [3.63, 3.8) is 0 Å². The number of rotatable bonds is 3. The Morgan fingerprint density at radius 1 is 0.591 bits per heavy atom. The van der Waals surface area contributed by atoms with Gasteiger partial charge in [0.15, 0.2) is 0 Å². The maximum absolute atomic E-state index is 4.20. The van der Waals surface area contributed by atoms with Gasteiger partial charge in [0, 0.05) is 0 Å². The second-order valence-corrected chi connectivity index (χ2v) is 6.25. The molecular weight excluding hydrogens is 268 g/mol. The molecule has 0 spiro atoms. The molecule has 4 rings (SSSR count). The van der Waals surface area contributed by atoms with E-state index in [2.05, 4.69) is 46.6 Å². The summed E-state index contributed by atoms with van der Waals surface area (Å²) in [6.07, 6.45) is 11.1. The minimum Gasteiger partial charge on any atom is -0.159 e. The number of hydrogen-bond donors (Lipinski definition) is 0. The Kier molecular flexibility index (Phi) is 3.59. The highest BCUT2D eigenvalue weighted by Gasteiger charge is 2.10. The van der Waals surface area contributed by atoms with Crippen LogP contribution in [-0.4, -0.2) is 12.4 Å². The van der Waals surface area contributed by atoms with Gasteiger partial charge in [0.1, 0.15) is 0 Å². The highest BCUT2D eigenvalue weighted by atomic mass is 15.2. The second kappa shape index (κ2) is 5.88. The average molecular weight is 288 g/mol. The number of hydrogen-bond acceptors (Lipinski definition) is 2. The number of fused-ring (bicyclic) bond motifs is 2. The molecule has 0 saturated heterocycles. The molecule has 22 heavy (non-hydrogen) atoms. The minimum absolute atomic E-state index is 1.15. The maximum atomic E-state index is 4.20. The lowest BCUT2D eigenvalue weighted by Crippen LogP contribution is -1.88. The Bertz CT molecular complexity index is 691. The van der Waals surface area contributed by atoms with Gasteiger partial charge in [-0.2, -0.15) is 10.2 Å². The van der Waals surface area contributed by atoms with Crippen LogP contribution in [0.5, 0.6) is 0 Å². The van der Waals surface area contributed by atoms with Crippen LogP contribution in [0.3, 0.4) is 0 Å². The first kappa shape index (κ1) is 13.4. The molecule has 110 valence electrons. The molecule has 0 radical (unpaired) electrons. The summed E-state index contributed by atoms with van der Waals surface area (Å²) in [6, 6.07) is 13.2. The normalized spacial score (nSPS) is 16.5. The molecule has 0 unspecified atom stereocenters. The molecule has 0 heterocycles. The van der Waals surface area contributed by atoms with E-state index in [9.17, 15) is 0 Å². The second-order valence-electron chi connectivity index (χ2n) is 6.25. The molecule has 0 N–H and O–H groups in total. The van der Waals surface area contributed by atoms with Crippen LogP contribution in [0.4, 0.5) is 0 Å². The van der Waals surface area contributed by atoms with Gasteiger partial charge in [-0.3, -0.25) is 0 Å². The van der Waals surface area contributed by atoms with Gasteiger partial charge in [0.05, 0.1) is 12.4 Å². The number of aryl methyl sites for hydroxylation is 4. The third kappa shape index (κ3) is 2.74. The summed E-state index contributed by atoms with van der Waals surface area (Å²) >= 11 is 0. The average Bonchev–Trinajstić information content (AvgIpc) is 3.19. The zero-order valence-electron chi connectivity index (χ0n) is 12.8. The van der Waals surface area contributed by atoms with Crippen LogP contribution in [0.2, 0.25) is 0 Å². The zero-order chi connectivity index (χ0) is 14.8. The summed E-state index contributed by atoms with van der Waals surface area (Å²) in [6.45, 7) is 0. The van der Waals surface area contributed by atoms with E-state index in [1.807, 2.05) is 12.4 Å². The first-order chi connectivity index (χ1) is 10.9. The van der Waals surface area contributed by atoms with Gasteiger partial charge in [0.2, 0.25) is 0 Å². The van der Waals surface area contributed by atoms with Gasteiger partial charge in [-0.25, -0.2) is 0 Å². The smallest absolute Gasteiger partial charge is 0.0568 e. The first-order valence-electron chi connectivity index (χ1n) is 8.18. The van der Waals surface area contributed by atoms with Crippen molar-refractivity contribution in [2.75, 3.05) is 0 Å². The largest absolute Gasteiger partial charge is 0.159 e. The standard InChI is InChI=1S/C20H20N2/c1-3-17-9-7-15(11-19(17)5-1)13-21-22-14-16-8-10-18-4-2-6-20(18)12-16/h7-14H,1-6H2/b21-13-,22-14+. The molecule has 2 aliphatic rings. The first-order valence-corrected chi connectivity index (χ1v) is 8.18. The van der Waals surface area contributed by atoms with Crippen molar-refractivity contribution in [1.29, 1.82) is 0 Å². The van der Waals surface area contributed by atoms with Gasteiger partial charge >= 0.3 is 0 Å². The summed E-state index contributed by atoms with van der Waals surface area (Å²) in [5, 5.41) is 8.40. The Morgan fingerprint density at radius 3 is 1.55 bits per heavy atom. The fourth-order valence-corrected chi connectivity index (χ4v) is 3.54. The van der Waals surface area contributed by atoms with Crippen LogP contribution in [-0.2, 0) is 25.7 Å². The predicted molar refractivity (Wildman–Crippen MR) is 92.1 cm³/mol. The molecule has 2 nitrogen and oxygen atoms in total. The van der Waals surface area contributed by atoms with E-state index in [4.69, 9.17) is 0 Å². The number of nitrogens with zero attached hydrogens (tertiary/aromatic N) is 2. The fourth-order valence-electron chi connectivity index (χ4n) is 3.54. The van der Waals surface area contributed by atoms with Gasteiger partial charge in [-0.05, 0) is 84.0 Å². The number of benzene rings is 2. The lowest BCUT2D eigenvalue weighted by molar-refractivity contribution is 0.912. The highest BCUT2D eigenvalue weighted by Crippen LogP contribution is 2.23. The molecule has 2 heteroatoms. The molecule has 2 aliphatic carbocycles. The molecule has 0 aromatic heterocycles. The topological polar surface area (TPSA) is 24.7 Å². The zero-order valence-corrected chi connectivity index (χ0v) is 12.8. The van der Waals surface area contributed by atoms with Crippen LogP contribution in [0.15, 0.2) is 46.6 Å². The Hall–Kier alpha value is -2.22. The van der Waals surface area contributed by atoms with E-state index < -0.39 is 0 Å². The molecule has 0 atom stereocenters. The van der Waals surface area contributed by atoms with E-state index in [1.165, 1.54) is 60.8 Å². The van der Waals surface area contributed by atoms with Gasteiger partial charge in [0.25, 0.3) is 0 Å². The maximum Gasteiger partial charge on any atom is 0.0568 e. The Morgan fingerprint density at radius 2 is 1.05 bits per heavy atom. The van der Waals surface area contributed by atoms with E-state index in [-0.39, 0.29) is 0 Å². The molecule has 0 bridgehead atoms. The van der Waals surface area contributed by atoms with Crippen molar-refractivity contribution in [2.24, 2.45) is 10.2 Å². The van der Waals surface area contributed by atoms with Crippen LogP contribution >= 0.6 is 0 Å². The van der Waals surface area contributed by atoms with Crippen LogP contribution in [0.25, 0.3) is 0 Å². The monoisotopic (exact) mass is 288 g/mol. The van der Waals surface area contributed by atoms with Gasteiger partial charge in [-0.15, -0.1) is 0 Å². The summed E-state index contributed by atoms with van der Waals surface area (Å²) in [7, 11) is 0. The van der Waals surface area contributed by atoms with Crippen molar-refractivity contribution in [2.45, 2.75) is 38.5 Å². The van der Waals surface area contributed by atoms with Crippen molar-refractivity contribution in [3.8, 4) is 0 Å². The van der Waals surface area contributed by atoms with Gasteiger partial charge in [-0.1, -0.05) is 24.3 Å². The highest BCUT2D eigenvalue weighted by molar-refractivity contribution is 5.83. The molecule has 0 saturated carbocycles. The van der Waals surface area contributed by atoms with E-state index in [1.54, 1.807) is 0 Å². The SMILES string of the molecule is C(=N/N=C/c1ccc2c(c1)CCC2)/c1ccc2c(c1)CCC2. The molecule has 0 amide bonds. The van der Waals surface area contributed by atoms with Crippen LogP contribution < -0.4 is 0 Å². The Balaban J connectivity index is 1.45. The summed E-state index contributed by atoms with van der Waals surface area (Å²) in [4.78, 5) is 0. The van der Waals surface area contributed by atoms with Crippen molar-refractivity contribution in [1.82, 2.24) is 0 Å². The van der Waals surface area contributed by atoms with Gasteiger partial charge < -0.3 is 0 Å². The molecule has 0 aliphatic heterocycles. The predicted octanol–water partition coefficient (Wildman–Crippen LogP) is 4.12. The summed E-state index contributed by atoms with van der Waals surface area (Å²) in [5.74, 6) is 0. The summed E-state index contributed by atoms with van der Waals surface area (Å²) < 4.78 is 0. The van der Waals surface area contributed by atoms with Crippen LogP contribution in [0.1, 0.15) is 46.2 Å². The fraction of sp³-hybridized carbons (Fsp3) is 0.300. The quantitative estimate of drug-likeness (QED) is 0.599.